The van der Waals surface area contributed by atoms with Crippen molar-refractivity contribution in [3.63, 3.8) is 0 Å². The highest BCUT2D eigenvalue weighted by molar-refractivity contribution is 6.33. The topological polar surface area (TPSA) is 67.0 Å². The summed E-state index contributed by atoms with van der Waals surface area (Å²) in [6.07, 6.45) is 3.60. The van der Waals surface area contributed by atoms with Crippen LogP contribution in [-0.2, 0) is 4.74 Å². The number of aromatic amines is 1. The van der Waals surface area contributed by atoms with Crippen LogP contribution in [0.2, 0.25) is 5.02 Å². The number of aromatic nitrogens is 2. The molecule has 0 radical (unpaired) electrons. The molecule has 1 aliphatic rings. The molecule has 1 saturated heterocycles. The van der Waals surface area contributed by atoms with Gasteiger partial charge in [0.1, 0.15) is 5.69 Å². The number of carbonyl (C=O) groups excluding carboxylic acids is 1. The minimum atomic E-state index is -0.243. The number of amides is 1. The number of nitrogens with zero attached hydrogens (tertiary/aromatic N) is 1. The molecule has 1 amide bonds. The van der Waals surface area contributed by atoms with Gasteiger partial charge < -0.3 is 10.1 Å². The van der Waals surface area contributed by atoms with E-state index in [0.29, 0.717) is 17.3 Å². The Balaban J connectivity index is 1.84. The highest BCUT2D eigenvalue weighted by Crippen LogP contribution is 2.13. The summed E-state index contributed by atoms with van der Waals surface area (Å²) in [6.45, 7) is 1.31. The first-order chi connectivity index (χ1) is 7.27. The zero-order valence-electron chi connectivity index (χ0n) is 8.12. The molecule has 82 valence electrons. The fourth-order valence-electron chi connectivity index (χ4n) is 1.53. The first-order valence-corrected chi connectivity index (χ1v) is 5.24. The summed E-state index contributed by atoms with van der Waals surface area (Å²) >= 11 is 5.74. The first-order valence-electron chi connectivity index (χ1n) is 4.86. The first kappa shape index (κ1) is 10.4. The molecule has 2 rings (SSSR count). The van der Waals surface area contributed by atoms with Crippen LogP contribution in [0.25, 0.3) is 0 Å². The smallest absolute Gasteiger partial charge is 0.270 e. The monoisotopic (exact) mass is 229 g/mol. The molecule has 1 aromatic rings. The van der Waals surface area contributed by atoms with Crippen molar-refractivity contribution in [1.82, 2.24) is 15.5 Å². The average molecular weight is 230 g/mol. The summed E-state index contributed by atoms with van der Waals surface area (Å²) in [5.41, 5.74) is 0.301. The Morgan fingerprint density at radius 2 is 2.67 bits per heavy atom. The van der Waals surface area contributed by atoms with Gasteiger partial charge in [-0.3, -0.25) is 9.89 Å². The molecule has 0 bridgehead atoms. The van der Waals surface area contributed by atoms with Crippen molar-refractivity contribution in [3.05, 3.63) is 16.9 Å². The Labute approximate surface area is 92.1 Å². The molecule has 0 aromatic carbocycles. The van der Waals surface area contributed by atoms with E-state index in [1.54, 1.807) is 0 Å². The number of hydrogen-bond donors (Lipinski definition) is 2. The number of carbonyl (C=O) groups is 1. The van der Waals surface area contributed by atoms with Crippen LogP contribution in [0.15, 0.2) is 6.20 Å². The molecule has 6 heteroatoms. The fraction of sp³-hybridized carbons (Fsp3) is 0.556. The second-order valence-corrected chi connectivity index (χ2v) is 3.85. The number of H-pyrrole nitrogens is 1. The molecule has 1 fully saturated rings. The second-order valence-electron chi connectivity index (χ2n) is 3.44. The quantitative estimate of drug-likeness (QED) is 0.812. The fourth-order valence-corrected chi connectivity index (χ4v) is 1.71. The molecule has 1 aliphatic heterocycles. The summed E-state index contributed by atoms with van der Waals surface area (Å²) in [4.78, 5) is 11.6. The molecule has 15 heavy (non-hydrogen) atoms. The number of ether oxygens (including phenoxy) is 1. The predicted molar refractivity (Wildman–Crippen MR) is 54.9 cm³/mol. The maximum atomic E-state index is 11.6. The summed E-state index contributed by atoms with van der Waals surface area (Å²) in [5, 5.41) is 9.30. The highest BCUT2D eigenvalue weighted by atomic mass is 35.5. The van der Waals surface area contributed by atoms with E-state index in [4.69, 9.17) is 16.3 Å². The SMILES string of the molecule is O=C(NCC1CCCO1)c1[nH]ncc1Cl. The average Bonchev–Trinajstić information content (AvgIpc) is 2.84. The molecule has 0 aliphatic carbocycles. The van der Waals surface area contributed by atoms with E-state index in [0.717, 1.165) is 19.4 Å². The standard InChI is InChI=1S/C9H12ClN3O2/c10-7-5-12-13-8(7)9(14)11-4-6-2-1-3-15-6/h5-6H,1-4H2,(H,11,14)(H,12,13). The van der Waals surface area contributed by atoms with Crippen LogP contribution >= 0.6 is 11.6 Å². The summed E-state index contributed by atoms with van der Waals surface area (Å²) < 4.78 is 5.38. The van der Waals surface area contributed by atoms with Gasteiger partial charge in [-0.2, -0.15) is 5.10 Å². The molecule has 1 unspecified atom stereocenters. The van der Waals surface area contributed by atoms with Gasteiger partial charge in [-0.1, -0.05) is 11.6 Å². The molecule has 0 spiro atoms. The van der Waals surface area contributed by atoms with E-state index in [9.17, 15) is 4.79 Å². The maximum Gasteiger partial charge on any atom is 0.270 e. The van der Waals surface area contributed by atoms with E-state index >= 15 is 0 Å². The largest absolute Gasteiger partial charge is 0.376 e. The molecule has 2 N–H and O–H groups in total. The van der Waals surface area contributed by atoms with Crippen LogP contribution in [-0.4, -0.2) is 35.4 Å². The van der Waals surface area contributed by atoms with Crippen LogP contribution in [0.3, 0.4) is 0 Å². The van der Waals surface area contributed by atoms with Crippen molar-refractivity contribution >= 4 is 17.5 Å². The molecule has 0 saturated carbocycles. The van der Waals surface area contributed by atoms with Gasteiger partial charge in [-0.05, 0) is 12.8 Å². The third-order valence-electron chi connectivity index (χ3n) is 2.33. The number of nitrogens with one attached hydrogen (secondary N) is 2. The Bertz CT molecular complexity index is 347. The van der Waals surface area contributed by atoms with Crippen molar-refractivity contribution in [2.45, 2.75) is 18.9 Å². The molecular formula is C9H12ClN3O2. The lowest BCUT2D eigenvalue weighted by molar-refractivity contribution is 0.0854. The van der Waals surface area contributed by atoms with Gasteiger partial charge in [-0.25, -0.2) is 0 Å². The van der Waals surface area contributed by atoms with Crippen molar-refractivity contribution in [3.8, 4) is 0 Å². The van der Waals surface area contributed by atoms with Gasteiger partial charge in [0.2, 0.25) is 0 Å². The van der Waals surface area contributed by atoms with Crippen molar-refractivity contribution in [2.24, 2.45) is 0 Å². The van der Waals surface area contributed by atoms with E-state index in [2.05, 4.69) is 15.5 Å². The van der Waals surface area contributed by atoms with Gasteiger partial charge in [0, 0.05) is 13.2 Å². The van der Waals surface area contributed by atoms with Gasteiger partial charge in [0.05, 0.1) is 17.3 Å². The Hall–Kier alpha value is -1.07. The Kier molecular flexibility index (Phi) is 3.23. The van der Waals surface area contributed by atoms with E-state index < -0.39 is 0 Å². The zero-order valence-corrected chi connectivity index (χ0v) is 8.88. The van der Waals surface area contributed by atoms with Crippen molar-refractivity contribution < 1.29 is 9.53 Å². The number of hydrogen-bond acceptors (Lipinski definition) is 3. The lowest BCUT2D eigenvalue weighted by Gasteiger charge is -2.09. The van der Waals surface area contributed by atoms with E-state index in [1.807, 2.05) is 0 Å². The minimum absolute atomic E-state index is 0.135. The summed E-state index contributed by atoms with van der Waals surface area (Å²) in [6, 6.07) is 0. The van der Waals surface area contributed by atoms with Crippen LogP contribution in [0, 0.1) is 0 Å². The lowest BCUT2D eigenvalue weighted by atomic mass is 10.2. The predicted octanol–water partition coefficient (Wildman–Crippen LogP) is 0.972. The van der Waals surface area contributed by atoms with E-state index in [1.165, 1.54) is 6.20 Å². The molecular weight excluding hydrogens is 218 g/mol. The third kappa shape index (κ3) is 2.49. The number of halogens is 1. The van der Waals surface area contributed by atoms with Gasteiger partial charge >= 0.3 is 0 Å². The Morgan fingerprint density at radius 3 is 3.27 bits per heavy atom. The minimum Gasteiger partial charge on any atom is -0.376 e. The Morgan fingerprint density at radius 1 is 1.80 bits per heavy atom. The van der Waals surface area contributed by atoms with Gasteiger partial charge in [-0.15, -0.1) is 0 Å². The molecule has 1 atom stereocenters. The molecule has 2 heterocycles. The van der Waals surface area contributed by atoms with Crippen molar-refractivity contribution in [1.29, 1.82) is 0 Å². The summed E-state index contributed by atoms with van der Waals surface area (Å²) in [5.74, 6) is -0.243. The van der Waals surface area contributed by atoms with Crippen LogP contribution < -0.4 is 5.32 Å². The third-order valence-corrected chi connectivity index (χ3v) is 2.62. The van der Waals surface area contributed by atoms with Crippen LogP contribution in [0.1, 0.15) is 23.3 Å². The zero-order chi connectivity index (χ0) is 10.7. The van der Waals surface area contributed by atoms with Crippen molar-refractivity contribution in [2.75, 3.05) is 13.2 Å². The van der Waals surface area contributed by atoms with Gasteiger partial charge in [0.15, 0.2) is 0 Å². The normalized spacial score (nSPS) is 20.5. The van der Waals surface area contributed by atoms with E-state index in [-0.39, 0.29) is 12.0 Å². The van der Waals surface area contributed by atoms with Crippen LogP contribution in [0.5, 0.6) is 0 Å². The lowest BCUT2D eigenvalue weighted by Crippen LogP contribution is -2.32. The molecule has 5 nitrogen and oxygen atoms in total. The second kappa shape index (κ2) is 4.63. The summed E-state index contributed by atoms with van der Waals surface area (Å²) in [7, 11) is 0. The van der Waals surface area contributed by atoms with Gasteiger partial charge in [0.25, 0.3) is 5.91 Å². The molecule has 1 aromatic heterocycles. The van der Waals surface area contributed by atoms with Crippen LogP contribution in [0.4, 0.5) is 0 Å². The number of rotatable bonds is 3. The maximum absolute atomic E-state index is 11.6. The highest BCUT2D eigenvalue weighted by Gasteiger charge is 2.18.